The lowest BCUT2D eigenvalue weighted by atomic mass is 10.2. The average Bonchev–Trinajstić information content (AvgIpc) is 3.15. The molecule has 116 valence electrons. The Labute approximate surface area is 129 Å². The Balaban J connectivity index is 1.73. The summed E-state index contributed by atoms with van der Waals surface area (Å²) in [6, 6.07) is 9.65. The maximum Gasteiger partial charge on any atom is 0.234 e. The normalized spacial score (nSPS) is 22.0. The van der Waals surface area contributed by atoms with Gasteiger partial charge >= 0.3 is 0 Å². The fraction of sp³-hybridized carbons (Fsp3) is 0.375. The predicted molar refractivity (Wildman–Crippen MR) is 82.8 cm³/mol. The van der Waals surface area contributed by atoms with Crippen LogP contribution < -0.4 is 5.73 Å². The van der Waals surface area contributed by atoms with Gasteiger partial charge in [-0.25, -0.2) is 4.98 Å². The number of methoxy groups -OCH3 is 1. The van der Waals surface area contributed by atoms with Gasteiger partial charge in [-0.15, -0.1) is 0 Å². The number of rotatable bonds is 5. The van der Waals surface area contributed by atoms with E-state index in [-0.39, 0.29) is 18.1 Å². The third kappa shape index (κ3) is 3.03. The van der Waals surface area contributed by atoms with E-state index in [1.807, 2.05) is 35.2 Å². The van der Waals surface area contributed by atoms with Gasteiger partial charge in [0.2, 0.25) is 5.91 Å². The first-order valence-corrected chi connectivity index (χ1v) is 7.33. The van der Waals surface area contributed by atoms with E-state index in [1.54, 1.807) is 13.3 Å². The molecule has 1 fully saturated rings. The van der Waals surface area contributed by atoms with E-state index >= 15 is 0 Å². The molecule has 2 heterocycles. The second kappa shape index (κ2) is 6.29. The lowest BCUT2D eigenvalue weighted by molar-refractivity contribution is -0.122. The number of imidazole rings is 1. The molecule has 1 aromatic heterocycles. The molecule has 0 radical (unpaired) electrons. The van der Waals surface area contributed by atoms with Crippen LogP contribution in [0.1, 0.15) is 12.1 Å². The molecule has 0 aliphatic carbocycles. The van der Waals surface area contributed by atoms with E-state index in [1.165, 1.54) is 0 Å². The zero-order valence-electron chi connectivity index (χ0n) is 12.5. The fourth-order valence-electron chi connectivity index (χ4n) is 2.90. The number of aromatic nitrogens is 2. The number of benzene rings is 1. The number of amides is 1. The zero-order valence-corrected chi connectivity index (χ0v) is 12.5. The minimum absolute atomic E-state index is 0.0500. The highest BCUT2D eigenvalue weighted by Gasteiger charge is 2.35. The lowest BCUT2D eigenvalue weighted by Crippen LogP contribution is -2.39. The van der Waals surface area contributed by atoms with Gasteiger partial charge in [0.25, 0.3) is 0 Å². The van der Waals surface area contributed by atoms with E-state index in [0.717, 1.165) is 17.1 Å². The van der Waals surface area contributed by atoms with Crippen molar-refractivity contribution in [2.45, 2.75) is 25.1 Å². The van der Waals surface area contributed by atoms with E-state index in [2.05, 4.69) is 9.97 Å². The third-order valence-corrected chi connectivity index (χ3v) is 4.08. The quantitative estimate of drug-likeness (QED) is 0.867. The molecule has 6 heteroatoms. The number of aromatic amines is 1. The predicted octanol–water partition coefficient (Wildman–Crippen LogP) is 1.15. The largest absolute Gasteiger partial charge is 0.380 e. The third-order valence-electron chi connectivity index (χ3n) is 4.08. The van der Waals surface area contributed by atoms with Crippen LogP contribution in [0, 0.1) is 0 Å². The summed E-state index contributed by atoms with van der Waals surface area (Å²) in [5.41, 5.74) is 7.49. The van der Waals surface area contributed by atoms with Crippen molar-refractivity contribution in [1.82, 2.24) is 14.9 Å². The van der Waals surface area contributed by atoms with Gasteiger partial charge in [0.1, 0.15) is 5.82 Å². The first-order chi connectivity index (χ1) is 10.7. The highest BCUT2D eigenvalue weighted by atomic mass is 16.5. The van der Waals surface area contributed by atoms with Gasteiger partial charge in [0.05, 0.1) is 12.1 Å². The average molecular weight is 300 g/mol. The minimum atomic E-state index is -0.303. The molecular formula is C16H20N4O2. The first-order valence-electron chi connectivity index (χ1n) is 7.33. The molecule has 22 heavy (non-hydrogen) atoms. The number of nitrogens with zero attached hydrogens (tertiary/aromatic N) is 2. The molecule has 1 aromatic carbocycles. The topological polar surface area (TPSA) is 84.2 Å². The van der Waals surface area contributed by atoms with Crippen LogP contribution in [0.5, 0.6) is 0 Å². The second-order valence-electron chi connectivity index (χ2n) is 5.56. The van der Waals surface area contributed by atoms with Crippen LogP contribution in [0.3, 0.4) is 0 Å². The minimum Gasteiger partial charge on any atom is -0.380 e. The molecule has 0 spiro atoms. The molecule has 0 saturated carbocycles. The van der Waals surface area contributed by atoms with Crippen molar-refractivity contribution in [3.05, 3.63) is 42.2 Å². The van der Waals surface area contributed by atoms with E-state index in [4.69, 9.17) is 10.5 Å². The van der Waals surface area contributed by atoms with E-state index in [0.29, 0.717) is 19.5 Å². The van der Waals surface area contributed by atoms with Crippen molar-refractivity contribution in [1.29, 1.82) is 0 Å². The van der Waals surface area contributed by atoms with Gasteiger partial charge in [0, 0.05) is 37.7 Å². The molecule has 6 nitrogen and oxygen atoms in total. The van der Waals surface area contributed by atoms with Gasteiger partial charge in [-0.05, 0) is 6.42 Å². The van der Waals surface area contributed by atoms with Crippen LogP contribution in [0.2, 0.25) is 0 Å². The smallest absolute Gasteiger partial charge is 0.234 e. The molecule has 0 bridgehead atoms. The van der Waals surface area contributed by atoms with Crippen LogP contribution in [0.4, 0.5) is 0 Å². The number of likely N-dealkylation sites (tertiary alicyclic amines) is 1. The highest BCUT2D eigenvalue weighted by molar-refractivity contribution is 5.80. The van der Waals surface area contributed by atoms with Crippen molar-refractivity contribution >= 4 is 5.91 Å². The van der Waals surface area contributed by atoms with Gasteiger partial charge in [-0.3, -0.25) is 9.69 Å². The van der Waals surface area contributed by atoms with Crippen LogP contribution in [0.25, 0.3) is 11.4 Å². The number of nitrogens with one attached hydrogen (secondary N) is 1. The SMILES string of the molecule is CO[C@H]1C[C@@H](C(N)=O)N(Cc2cnc(-c3ccccc3)[nH]2)C1. The number of H-pyrrole nitrogens is 1. The van der Waals surface area contributed by atoms with Crippen LogP contribution in [-0.4, -0.2) is 46.6 Å². The highest BCUT2D eigenvalue weighted by Crippen LogP contribution is 2.23. The molecule has 0 unspecified atom stereocenters. The van der Waals surface area contributed by atoms with Crippen LogP contribution in [0.15, 0.2) is 36.5 Å². The summed E-state index contributed by atoms with van der Waals surface area (Å²) in [7, 11) is 1.66. The van der Waals surface area contributed by atoms with Gasteiger partial charge in [0.15, 0.2) is 0 Å². The number of primary amides is 1. The second-order valence-corrected chi connectivity index (χ2v) is 5.56. The number of hydrogen-bond donors (Lipinski definition) is 2. The van der Waals surface area contributed by atoms with Crippen molar-refractivity contribution in [3.8, 4) is 11.4 Å². The molecule has 2 aromatic rings. The summed E-state index contributed by atoms with van der Waals surface area (Å²) in [5.74, 6) is 0.524. The summed E-state index contributed by atoms with van der Waals surface area (Å²) in [6.45, 7) is 1.30. The monoisotopic (exact) mass is 300 g/mol. The number of hydrogen-bond acceptors (Lipinski definition) is 4. The first kappa shape index (κ1) is 14.7. The summed E-state index contributed by atoms with van der Waals surface area (Å²) in [4.78, 5) is 21.3. The van der Waals surface area contributed by atoms with Gasteiger partial charge in [-0.2, -0.15) is 0 Å². The maximum atomic E-state index is 11.6. The molecule has 3 rings (SSSR count). The summed E-state index contributed by atoms with van der Waals surface area (Å²) in [6.07, 6.45) is 2.50. The Morgan fingerprint density at radius 1 is 1.45 bits per heavy atom. The molecule has 2 atom stereocenters. The zero-order chi connectivity index (χ0) is 15.5. The molecule has 3 N–H and O–H groups in total. The van der Waals surface area contributed by atoms with Crippen molar-refractivity contribution in [3.63, 3.8) is 0 Å². The maximum absolute atomic E-state index is 11.6. The molecule has 1 amide bonds. The fourth-order valence-corrected chi connectivity index (χ4v) is 2.90. The summed E-state index contributed by atoms with van der Waals surface area (Å²) < 4.78 is 5.36. The summed E-state index contributed by atoms with van der Waals surface area (Å²) in [5, 5.41) is 0. The van der Waals surface area contributed by atoms with Gasteiger partial charge in [-0.1, -0.05) is 30.3 Å². The Morgan fingerprint density at radius 3 is 2.91 bits per heavy atom. The number of ether oxygens (including phenoxy) is 1. The number of carbonyl (C=O) groups excluding carboxylic acids is 1. The van der Waals surface area contributed by atoms with E-state index in [9.17, 15) is 4.79 Å². The summed E-state index contributed by atoms with van der Waals surface area (Å²) >= 11 is 0. The van der Waals surface area contributed by atoms with Gasteiger partial charge < -0.3 is 15.5 Å². The Morgan fingerprint density at radius 2 is 2.23 bits per heavy atom. The molecule has 1 aliphatic rings. The lowest BCUT2D eigenvalue weighted by Gasteiger charge is -2.20. The van der Waals surface area contributed by atoms with Crippen molar-refractivity contribution in [2.75, 3.05) is 13.7 Å². The van der Waals surface area contributed by atoms with E-state index < -0.39 is 0 Å². The molecule has 1 aliphatic heterocycles. The Hall–Kier alpha value is -2.18. The molecular weight excluding hydrogens is 280 g/mol. The molecule has 1 saturated heterocycles. The van der Waals surface area contributed by atoms with Crippen molar-refractivity contribution in [2.24, 2.45) is 5.73 Å². The Kier molecular flexibility index (Phi) is 4.22. The standard InChI is InChI=1S/C16H20N4O2/c1-22-13-7-14(15(17)21)20(10-13)9-12-8-18-16(19-12)11-5-3-2-4-6-11/h2-6,8,13-14H,7,9-10H2,1H3,(H2,17,21)(H,18,19)/t13-,14-/m0/s1. The van der Waals surface area contributed by atoms with Crippen LogP contribution in [-0.2, 0) is 16.1 Å². The number of nitrogens with two attached hydrogens (primary N) is 1. The number of carbonyl (C=O) groups is 1. The van der Waals surface area contributed by atoms with Crippen molar-refractivity contribution < 1.29 is 9.53 Å². The Bertz CT molecular complexity index is 641. The van der Waals surface area contributed by atoms with Crippen LogP contribution >= 0.6 is 0 Å².